The number of unbranched alkanes of at least 4 members (excludes halogenated alkanes) is 2. The molecular weight excluding hydrogens is 632 g/mol. The number of alkyl carbamates (subject to hydrolysis) is 1. The van der Waals surface area contributed by atoms with Gasteiger partial charge in [-0.05, 0) is 65.4 Å². The predicted octanol–water partition coefficient (Wildman–Crippen LogP) is 2.37. The van der Waals surface area contributed by atoms with E-state index in [0.717, 1.165) is 12.8 Å². The minimum atomic E-state index is -1.59. The van der Waals surface area contributed by atoms with Gasteiger partial charge in [0.05, 0.1) is 6.10 Å². The van der Waals surface area contributed by atoms with Gasteiger partial charge in [0.1, 0.15) is 36.4 Å². The lowest BCUT2D eigenvalue weighted by Crippen LogP contribution is -2.61. The second-order valence-electron chi connectivity index (χ2n) is 12.5. The van der Waals surface area contributed by atoms with E-state index >= 15 is 0 Å². The summed E-state index contributed by atoms with van der Waals surface area (Å²) in [5.41, 5.74) is -0.832. The monoisotopic (exact) mass is 688 g/mol. The number of thioether (sulfide) groups is 1. The van der Waals surface area contributed by atoms with Crippen LogP contribution in [-0.4, -0.2) is 101 Å². The molecule has 4 amide bonds. The first kappa shape index (κ1) is 43.7. The summed E-state index contributed by atoms with van der Waals surface area (Å²) in [7, 11) is 0. The standard InChI is InChI=1S/C32H56N4O10S/c1-11-13-14-15-23(38)33-22(16-18-47-10)27(39)35-26(28(40)34-25(20(5)37)29(41)44-17-12-2)21(6)45-30(42)24(19(3)4)36-31(43)46-32(7,8)9/h12,19-22,24-26,37H,2,11,13-18H2,1,3-10H3,(H,33,38)(H,34,40)(H,35,39)(H,36,43)/t20-,21-,22+,24+,25+,26+/m1/s1. The number of hydrogen-bond acceptors (Lipinski definition) is 11. The Bertz CT molecular complexity index is 1050. The van der Waals surface area contributed by atoms with Crippen molar-refractivity contribution in [3.8, 4) is 0 Å². The summed E-state index contributed by atoms with van der Waals surface area (Å²) in [5.74, 6) is -3.83. The van der Waals surface area contributed by atoms with Crippen molar-refractivity contribution >= 4 is 47.5 Å². The number of ether oxygens (including phenoxy) is 3. The fourth-order valence-electron chi connectivity index (χ4n) is 4.06. The average molecular weight is 689 g/mol. The number of aliphatic hydroxyl groups is 1. The molecule has 0 aromatic heterocycles. The average Bonchev–Trinajstić information content (AvgIpc) is 2.96. The summed E-state index contributed by atoms with van der Waals surface area (Å²) in [6.07, 6.45) is 2.42. The zero-order chi connectivity index (χ0) is 36.3. The third-order valence-electron chi connectivity index (χ3n) is 6.59. The van der Waals surface area contributed by atoms with Crippen molar-refractivity contribution in [2.45, 2.75) is 129 Å². The first-order valence-electron chi connectivity index (χ1n) is 15.9. The molecule has 0 spiro atoms. The van der Waals surface area contributed by atoms with Gasteiger partial charge in [-0.2, -0.15) is 11.8 Å². The molecule has 0 rings (SSSR count). The summed E-state index contributed by atoms with van der Waals surface area (Å²) in [6, 6.07) is -5.32. The summed E-state index contributed by atoms with van der Waals surface area (Å²) < 4.78 is 15.8. The van der Waals surface area contributed by atoms with Crippen molar-refractivity contribution in [2.24, 2.45) is 5.92 Å². The molecule has 0 saturated heterocycles. The lowest BCUT2D eigenvalue weighted by atomic mass is 10.0. The second-order valence-corrected chi connectivity index (χ2v) is 13.5. The SMILES string of the molecule is C=CCOC(=O)[C@@H](NC(=O)[C@@H](NC(=O)[C@H](CCSC)NC(=O)CCCCC)[C@@H](C)OC(=O)[C@@H](NC(=O)OC(C)(C)C)C(C)C)[C@@H](C)O. The maximum absolute atomic E-state index is 13.6. The zero-order valence-corrected chi connectivity index (χ0v) is 30.1. The van der Waals surface area contributed by atoms with Crippen LogP contribution in [0.3, 0.4) is 0 Å². The Balaban J connectivity index is 6.30. The van der Waals surface area contributed by atoms with Crippen LogP contribution in [0, 0.1) is 5.92 Å². The number of esters is 2. The highest BCUT2D eigenvalue weighted by Crippen LogP contribution is 2.13. The van der Waals surface area contributed by atoms with E-state index in [1.807, 2.05) is 13.2 Å². The number of carbonyl (C=O) groups is 6. The van der Waals surface area contributed by atoms with Gasteiger partial charge >= 0.3 is 18.0 Å². The predicted molar refractivity (Wildman–Crippen MR) is 179 cm³/mol. The van der Waals surface area contributed by atoms with Crippen LogP contribution in [0.2, 0.25) is 0 Å². The Morgan fingerprint density at radius 3 is 2.00 bits per heavy atom. The molecule has 0 aliphatic carbocycles. The van der Waals surface area contributed by atoms with E-state index in [1.54, 1.807) is 34.6 Å². The Labute approximate surface area is 283 Å². The number of hydrogen-bond donors (Lipinski definition) is 5. The molecule has 0 bridgehead atoms. The van der Waals surface area contributed by atoms with Crippen LogP contribution in [-0.2, 0) is 38.2 Å². The molecule has 0 fully saturated rings. The Hall–Kier alpha value is -3.33. The van der Waals surface area contributed by atoms with E-state index in [9.17, 15) is 33.9 Å². The molecule has 14 nitrogen and oxygen atoms in total. The summed E-state index contributed by atoms with van der Waals surface area (Å²) in [5, 5.41) is 20.4. The van der Waals surface area contributed by atoms with Crippen LogP contribution >= 0.6 is 11.8 Å². The summed E-state index contributed by atoms with van der Waals surface area (Å²) >= 11 is 1.46. The van der Waals surface area contributed by atoms with E-state index in [4.69, 9.17) is 14.2 Å². The quantitative estimate of drug-likeness (QED) is 0.0514. The molecule has 0 aliphatic heterocycles. The van der Waals surface area contributed by atoms with E-state index in [0.29, 0.717) is 12.2 Å². The molecule has 47 heavy (non-hydrogen) atoms. The van der Waals surface area contributed by atoms with Gasteiger partial charge in [0.2, 0.25) is 17.7 Å². The fourth-order valence-corrected chi connectivity index (χ4v) is 4.54. The van der Waals surface area contributed by atoms with Crippen LogP contribution in [0.15, 0.2) is 12.7 Å². The normalized spacial score (nSPS) is 15.1. The van der Waals surface area contributed by atoms with Gasteiger partial charge in [0, 0.05) is 6.42 Å². The van der Waals surface area contributed by atoms with Crippen LogP contribution in [0.25, 0.3) is 0 Å². The third kappa shape index (κ3) is 18.0. The lowest BCUT2D eigenvalue weighted by molar-refractivity contribution is -0.157. The largest absolute Gasteiger partial charge is 0.460 e. The molecule has 15 heteroatoms. The van der Waals surface area contributed by atoms with Crippen molar-refractivity contribution in [2.75, 3.05) is 18.6 Å². The molecule has 0 radical (unpaired) electrons. The van der Waals surface area contributed by atoms with E-state index in [-0.39, 0.29) is 25.4 Å². The van der Waals surface area contributed by atoms with Crippen molar-refractivity contribution in [1.82, 2.24) is 21.3 Å². The molecule has 0 unspecified atom stereocenters. The number of nitrogens with one attached hydrogen (secondary N) is 4. The Morgan fingerprint density at radius 2 is 1.49 bits per heavy atom. The number of aliphatic hydroxyl groups excluding tert-OH is 1. The van der Waals surface area contributed by atoms with Gasteiger partial charge in [-0.1, -0.05) is 46.3 Å². The van der Waals surface area contributed by atoms with E-state index in [1.165, 1.54) is 31.7 Å². The third-order valence-corrected chi connectivity index (χ3v) is 7.24. The van der Waals surface area contributed by atoms with E-state index in [2.05, 4.69) is 27.8 Å². The lowest BCUT2D eigenvalue weighted by Gasteiger charge is -2.30. The maximum atomic E-state index is 13.6. The summed E-state index contributed by atoms with van der Waals surface area (Å²) in [4.78, 5) is 78.1. The van der Waals surface area contributed by atoms with E-state index < -0.39 is 77.7 Å². The molecule has 0 aliphatic rings. The van der Waals surface area contributed by atoms with Gasteiger partial charge in [0.25, 0.3) is 0 Å². The number of rotatable bonds is 21. The van der Waals surface area contributed by atoms with Gasteiger partial charge in [-0.15, -0.1) is 0 Å². The Kier molecular flexibility index (Phi) is 20.7. The van der Waals surface area contributed by atoms with Crippen LogP contribution in [0.1, 0.15) is 87.5 Å². The van der Waals surface area contributed by atoms with Crippen LogP contribution in [0.5, 0.6) is 0 Å². The smallest absolute Gasteiger partial charge is 0.408 e. The van der Waals surface area contributed by atoms with Crippen molar-refractivity contribution in [3.05, 3.63) is 12.7 Å². The fraction of sp³-hybridized carbons (Fsp3) is 0.750. The van der Waals surface area contributed by atoms with Crippen LogP contribution < -0.4 is 21.3 Å². The second kappa shape index (κ2) is 22.3. The van der Waals surface area contributed by atoms with Gasteiger partial charge in [-0.25, -0.2) is 14.4 Å². The number of carbonyl (C=O) groups excluding carboxylic acids is 6. The minimum Gasteiger partial charge on any atom is -0.460 e. The minimum absolute atomic E-state index is 0.178. The summed E-state index contributed by atoms with van der Waals surface area (Å²) in [6.45, 7) is 16.2. The van der Waals surface area contributed by atoms with Crippen molar-refractivity contribution in [1.29, 1.82) is 0 Å². The molecule has 0 aromatic carbocycles. The van der Waals surface area contributed by atoms with Crippen molar-refractivity contribution < 1.29 is 48.1 Å². The molecule has 5 N–H and O–H groups in total. The van der Waals surface area contributed by atoms with Gasteiger partial charge in [0.15, 0.2) is 6.04 Å². The topological polar surface area (TPSA) is 198 Å². The molecule has 6 atom stereocenters. The molecular formula is C32H56N4O10S. The van der Waals surface area contributed by atoms with Gasteiger partial charge < -0.3 is 40.6 Å². The highest BCUT2D eigenvalue weighted by molar-refractivity contribution is 7.98. The maximum Gasteiger partial charge on any atom is 0.408 e. The number of amides is 4. The molecule has 0 heterocycles. The highest BCUT2D eigenvalue weighted by atomic mass is 32.2. The highest BCUT2D eigenvalue weighted by Gasteiger charge is 2.38. The first-order chi connectivity index (χ1) is 21.9. The van der Waals surface area contributed by atoms with Crippen molar-refractivity contribution in [3.63, 3.8) is 0 Å². The van der Waals surface area contributed by atoms with Gasteiger partial charge in [-0.3, -0.25) is 14.4 Å². The Morgan fingerprint density at radius 1 is 0.872 bits per heavy atom. The van der Waals surface area contributed by atoms with Crippen LogP contribution in [0.4, 0.5) is 4.79 Å². The first-order valence-corrected chi connectivity index (χ1v) is 17.3. The molecule has 270 valence electrons. The molecule has 0 saturated carbocycles. The molecule has 0 aromatic rings. The zero-order valence-electron chi connectivity index (χ0n) is 29.3.